The zero-order valence-electron chi connectivity index (χ0n) is 11.5. The first-order chi connectivity index (χ1) is 9.74. The van der Waals surface area contributed by atoms with Crippen molar-refractivity contribution >= 4 is 17.2 Å². The van der Waals surface area contributed by atoms with E-state index in [2.05, 4.69) is 28.8 Å². The molecule has 1 atom stereocenters. The maximum Gasteiger partial charge on any atom is 0.228 e. The molecule has 1 aliphatic rings. The SMILES string of the molecule is CC(C(=O)NCc1ccc2c(c1)CNC2)c1cccs1. The van der Waals surface area contributed by atoms with Gasteiger partial charge >= 0.3 is 0 Å². The average Bonchev–Trinajstić information content (AvgIpc) is 3.13. The van der Waals surface area contributed by atoms with E-state index >= 15 is 0 Å². The molecular formula is C16H18N2OS. The van der Waals surface area contributed by atoms with Crippen molar-refractivity contribution in [1.29, 1.82) is 0 Å². The zero-order valence-corrected chi connectivity index (χ0v) is 12.3. The Kier molecular flexibility index (Phi) is 3.85. The highest BCUT2D eigenvalue weighted by Crippen LogP contribution is 2.21. The van der Waals surface area contributed by atoms with Crippen molar-refractivity contribution in [3.8, 4) is 0 Å². The Morgan fingerprint density at radius 1 is 1.35 bits per heavy atom. The van der Waals surface area contributed by atoms with Gasteiger partial charge in [0.15, 0.2) is 0 Å². The third-order valence-electron chi connectivity index (χ3n) is 3.73. The Bertz CT molecular complexity index is 607. The lowest BCUT2D eigenvalue weighted by Crippen LogP contribution is -2.27. The predicted octanol–water partition coefficient (Wildman–Crippen LogP) is 2.77. The fourth-order valence-corrected chi connectivity index (χ4v) is 3.25. The summed E-state index contributed by atoms with van der Waals surface area (Å²) in [7, 11) is 0. The number of benzene rings is 1. The standard InChI is InChI=1S/C16H18N2OS/c1-11(15-3-2-6-20-15)16(19)18-8-12-4-5-13-9-17-10-14(13)7-12/h2-7,11,17H,8-10H2,1H3,(H,18,19). The molecular weight excluding hydrogens is 268 g/mol. The Hall–Kier alpha value is -1.65. The number of fused-ring (bicyclic) bond motifs is 1. The van der Waals surface area contributed by atoms with Gasteiger partial charge in [-0.25, -0.2) is 0 Å². The van der Waals surface area contributed by atoms with Gasteiger partial charge in [0.05, 0.1) is 5.92 Å². The molecule has 3 nitrogen and oxygen atoms in total. The van der Waals surface area contributed by atoms with E-state index in [1.807, 2.05) is 24.4 Å². The largest absolute Gasteiger partial charge is 0.351 e. The molecule has 0 saturated heterocycles. The van der Waals surface area contributed by atoms with Crippen LogP contribution in [0.5, 0.6) is 0 Å². The maximum atomic E-state index is 12.1. The van der Waals surface area contributed by atoms with Crippen LogP contribution in [0.4, 0.5) is 0 Å². The van der Waals surface area contributed by atoms with Crippen molar-refractivity contribution in [1.82, 2.24) is 10.6 Å². The van der Waals surface area contributed by atoms with Crippen molar-refractivity contribution < 1.29 is 4.79 Å². The lowest BCUT2D eigenvalue weighted by molar-refractivity contribution is -0.122. The molecule has 0 spiro atoms. The van der Waals surface area contributed by atoms with Gasteiger partial charge in [-0.1, -0.05) is 24.3 Å². The second kappa shape index (κ2) is 5.77. The average molecular weight is 286 g/mol. The lowest BCUT2D eigenvalue weighted by atomic mass is 10.1. The number of carbonyl (C=O) groups is 1. The Labute approximate surface area is 123 Å². The third-order valence-corrected chi connectivity index (χ3v) is 4.79. The molecule has 1 amide bonds. The molecule has 1 aromatic heterocycles. The minimum Gasteiger partial charge on any atom is -0.351 e. The Morgan fingerprint density at radius 2 is 2.20 bits per heavy atom. The van der Waals surface area contributed by atoms with Gasteiger partial charge in [-0.15, -0.1) is 11.3 Å². The number of hydrogen-bond acceptors (Lipinski definition) is 3. The van der Waals surface area contributed by atoms with E-state index in [0.717, 1.165) is 18.0 Å². The maximum absolute atomic E-state index is 12.1. The van der Waals surface area contributed by atoms with Crippen molar-refractivity contribution in [2.45, 2.75) is 32.5 Å². The van der Waals surface area contributed by atoms with Crippen LogP contribution in [0.15, 0.2) is 35.7 Å². The molecule has 20 heavy (non-hydrogen) atoms. The molecule has 104 valence electrons. The van der Waals surface area contributed by atoms with Gasteiger partial charge in [-0.2, -0.15) is 0 Å². The monoisotopic (exact) mass is 286 g/mol. The van der Waals surface area contributed by atoms with Gasteiger partial charge in [0.1, 0.15) is 0 Å². The molecule has 2 heterocycles. The molecule has 1 unspecified atom stereocenters. The van der Waals surface area contributed by atoms with Crippen LogP contribution in [0.2, 0.25) is 0 Å². The van der Waals surface area contributed by atoms with Crippen molar-refractivity contribution in [2.75, 3.05) is 0 Å². The third kappa shape index (κ3) is 2.76. The van der Waals surface area contributed by atoms with Gasteiger partial charge in [0.2, 0.25) is 5.91 Å². The lowest BCUT2D eigenvalue weighted by Gasteiger charge is -2.11. The van der Waals surface area contributed by atoms with E-state index in [0.29, 0.717) is 6.54 Å². The topological polar surface area (TPSA) is 41.1 Å². The molecule has 4 heteroatoms. The molecule has 1 aromatic carbocycles. The minimum absolute atomic E-state index is 0.0777. The molecule has 1 aliphatic heterocycles. The van der Waals surface area contributed by atoms with Crippen LogP contribution < -0.4 is 10.6 Å². The highest BCUT2D eigenvalue weighted by molar-refractivity contribution is 7.10. The number of rotatable bonds is 4. The van der Waals surface area contributed by atoms with Crippen LogP contribution in [0.3, 0.4) is 0 Å². The fraction of sp³-hybridized carbons (Fsp3) is 0.312. The summed E-state index contributed by atoms with van der Waals surface area (Å²) in [4.78, 5) is 13.2. The second-order valence-electron chi connectivity index (χ2n) is 5.16. The highest BCUT2D eigenvalue weighted by Gasteiger charge is 2.16. The summed E-state index contributed by atoms with van der Waals surface area (Å²) in [5.41, 5.74) is 3.88. The number of hydrogen-bond donors (Lipinski definition) is 2. The number of amides is 1. The summed E-state index contributed by atoms with van der Waals surface area (Å²) < 4.78 is 0. The van der Waals surface area contributed by atoms with Crippen LogP contribution in [0.25, 0.3) is 0 Å². The van der Waals surface area contributed by atoms with E-state index in [4.69, 9.17) is 0 Å². The van der Waals surface area contributed by atoms with Crippen LogP contribution in [0.1, 0.15) is 34.4 Å². The second-order valence-corrected chi connectivity index (χ2v) is 6.14. The molecule has 2 aromatic rings. The summed E-state index contributed by atoms with van der Waals surface area (Å²) in [6, 6.07) is 10.4. The number of thiophene rings is 1. The van der Waals surface area contributed by atoms with Crippen LogP contribution >= 0.6 is 11.3 Å². The summed E-state index contributed by atoms with van der Waals surface area (Å²) in [6.07, 6.45) is 0. The molecule has 3 rings (SSSR count). The van der Waals surface area contributed by atoms with Gasteiger partial charge in [0, 0.05) is 24.5 Å². The molecule has 0 radical (unpaired) electrons. The summed E-state index contributed by atoms with van der Waals surface area (Å²) in [6.45, 7) is 4.44. The molecule has 0 aliphatic carbocycles. The minimum atomic E-state index is -0.0777. The smallest absolute Gasteiger partial charge is 0.228 e. The van der Waals surface area contributed by atoms with Gasteiger partial charge in [-0.3, -0.25) is 4.79 Å². The van der Waals surface area contributed by atoms with E-state index in [9.17, 15) is 4.79 Å². The van der Waals surface area contributed by atoms with E-state index in [-0.39, 0.29) is 11.8 Å². The first kappa shape index (κ1) is 13.3. The fourth-order valence-electron chi connectivity index (χ4n) is 2.47. The normalized spacial score (nSPS) is 14.8. The van der Waals surface area contributed by atoms with Crippen molar-refractivity contribution in [2.24, 2.45) is 0 Å². The molecule has 0 saturated carbocycles. The molecule has 2 N–H and O–H groups in total. The summed E-state index contributed by atoms with van der Waals surface area (Å²) in [5.74, 6) is 0.0113. The first-order valence-electron chi connectivity index (χ1n) is 6.86. The summed E-state index contributed by atoms with van der Waals surface area (Å²) in [5, 5.41) is 8.36. The van der Waals surface area contributed by atoms with Crippen molar-refractivity contribution in [3.63, 3.8) is 0 Å². The van der Waals surface area contributed by atoms with Gasteiger partial charge < -0.3 is 10.6 Å². The Morgan fingerprint density at radius 3 is 3.00 bits per heavy atom. The molecule has 0 bridgehead atoms. The van der Waals surface area contributed by atoms with E-state index < -0.39 is 0 Å². The predicted molar refractivity (Wildman–Crippen MR) is 81.6 cm³/mol. The van der Waals surface area contributed by atoms with E-state index in [1.54, 1.807) is 11.3 Å². The van der Waals surface area contributed by atoms with Gasteiger partial charge in [-0.05, 0) is 35.1 Å². The van der Waals surface area contributed by atoms with Crippen LogP contribution in [-0.4, -0.2) is 5.91 Å². The zero-order chi connectivity index (χ0) is 13.9. The van der Waals surface area contributed by atoms with Crippen LogP contribution in [-0.2, 0) is 24.4 Å². The Balaban J connectivity index is 1.60. The number of carbonyl (C=O) groups excluding carboxylic acids is 1. The summed E-state index contributed by atoms with van der Waals surface area (Å²) >= 11 is 1.63. The first-order valence-corrected chi connectivity index (χ1v) is 7.74. The molecule has 0 fully saturated rings. The number of nitrogens with one attached hydrogen (secondary N) is 2. The quantitative estimate of drug-likeness (QED) is 0.907. The van der Waals surface area contributed by atoms with Gasteiger partial charge in [0.25, 0.3) is 0 Å². The highest BCUT2D eigenvalue weighted by atomic mass is 32.1. The van der Waals surface area contributed by atoms with Crippen molar-refractivity contribution in [3.05, 3.63) is 57.3 Å². The van der Waals surface area contributed by atoms with E-state index in [1.165, 1.54) is 16.7 Å². The van der Waals surface area contributed by atoms with Crippen LogP contribution in [0, 0.1) is 0 Å².